The van der Waals surface area contributed by atoms with E-state index in [1.165, 1.54) is 0 Å². The quantitative estimate of drug-likeness (QED) is 0.327. The molecule has 0 aromatic carbocycles. The van der Waals surface area contributed by atoms with Gasteiger partial charge in [0.25, 0.3) is 0 Å². The third-order valence-corrected chi connectivity index (χ3v) is 0. The Balaban J connectivity index is -0.00000000333. The van der Waals surface area contributed by atoms with E-state index >= 15 is 0 Å². The fraction of sp³-hybridized carbons (Fsp3) is 0. The molecule has 0 aliphatic heterocycles. The summed E-state index contributed by atoms with van der Waals surface area (Å²) in [6.45, 7) is 0. The summed E-state index contributed by atoms with van der Waals surface area (Å²) in [5, 5.41) is 0. The van der Waals surface area contributed by atoms with E-state index in [1.807, 2.05) is 0 Å². The van der Waals surface area contributed by atoms with E-state index in [9.17, 15) is 0 Å². The van der Waals surface area contributed by atoms with Crippen molar-refractivity contribution in [3.63, 3.8) is 0 Å². The van der Waals surface area contributed by atoms with Crippen LogP contribution in [0.5, 0.6) is 0 Å². The molecular formula is H2FeLiMnO2P. The molecule has 0 aromatic heterocycles. The summed E-state index contributed by atoms with van der Waals surface area (Å²) < 4.78 is 8.46. The summed E-state index contributed by atoms with van der Waals surface area (Å²) in [6, 6.07) is 0. The first-order chi connectivity index (χ1) is 1.41. The minimum atomic E-state index is -0.833. The predicted molar refractivity (Wildman–Crippen MR) is 10.9 cm³/mol. The summed E-state index contributed by atoms with van der Waals surface area (Å²) in [4.78, 5) is 6.99. The minimum absolute atomic E-state index is 0. The van der Waals surface area contributed by atoms with E-state index in [0.29, 0.717) is 0 Å². The fourth-order valence-electron chi connectivity index (χ4n) is 0. The zero-order valence-electron chi connectivity index (χ0n) is 4.03. The van der Waals surface area contributed by atoms with Gasteiger partial charge in [-0.2, -0.15) is 0 Å². The first kappa shape index (κ1) is 25.3. The van der Waals surface area contributed by atoms with Crippen LogP contribution in [0.15, 0.2) is 0 Å². The SMILES string of the molecule is O=PO.[Fe].[H-].[Li+].[Mn]. The second-order valence-electron chi connectivity index (χ2n) is 0.0816. The van der Waals surface area contributed by atoms with Crippen molar-refractivity contribution in [3.8, 4) is 0 Å². The van der Waals surface area contributed by atoms with Gasteiger partial charge >= 0.3 is 27.5 Å². The van der Waals surface area contributed by atoms with Crippen LogP contribution in [0, 0.1) is 0 Å². The van der Waals surface area contributed by atoms with Crippen molar-refractivity contribution in [2.75, 3.05) is 0 Å². The maximum atomic E-state index is 8.46. The fourth-order valence-corrected chi connectivity index (χ4v) is 0. The molecule has 2 nitrogen and oxygen atoms in total. The average molecular weight is 183 g/mol. The van der Waals surface area contributed by atoms with Crippen LogP contribution >= 0.6 is 8.69 Å². The minimum Gasteiger partial charge on any atom is -1.00 e. The van der Waals surface area contributed by atoms with Gasteiger partial charge in [-0.25, -0.2) is 4.57 Å². The molecule has 0 saturated heterocycles. The predicted octanol–water partition coefficient (Wildman–Crippen LogP) is -2.70. The molecule has 0 saturated carbocycles. The molecule has 1 N–H and O–H groups in total. The molecule has 1 radical (unpaired) electrons. The summed E-state index contributed by atoms with van der Waals surface area (Å²) in [7, 11) is -0.833. The van der Waals surface area contributed by atoms with Gasteiger partial charge in [-0.05, 0) is 0 Å². The Labute approximate surface area is 72.3 Å². The average Bonchev–Trinajstić information content (AvgIpc) is 0.918. The van der Waals surface area contributed by atoms with Crippen LogP contribution in [-0.4, -0.2) is 4.89 Å². The van der Waals surface area contributed by atoms with Crippen molar-refractivity contribution in [2.45, 2.75) is 0 Å². The maximum Gasteiger partial charge on any atom is 1.00 e. The third-order valence-electron chi connectivity index (χ3n) is 0. The molecule has 0 atom stereocenters. The monoisotopic (exact) mass is 183 g/mol. The first-order valence-corrected chi connectivity index (χ1v) is 1.15. The molecule has 6 heavy (non-hydrogen) atoms. The zero-order chi connectivity index (χ0) is 2.71. The largest absolute Gasteiger partial charge is 1.00 e. The van der Waals surface area contributed by atoms with E-state index in [0.717, 1.165) is 0 Å². The van der Waals surface area contributed by atoms with Gasteiger partial charge in [0, 0.05) is 34.1 Å². The molecule has 35 valence electrons. The van der Waals surface area contributed by atoms with Gasteiger partial charge in [0.1, 0.15) is 0 Å². The Morgan fingerprint density at radius 1 is 1.67 bits per heavy atom. The van der Waals surface area contributed by atoms with E-state index in [2.05, 4.69) is 0 Å². The normalized spacial score (nSPS) is 3.50. The first-order valence-electron chi connectivity index (χ1n) is 0.383. The second kappa shape index (κ2) is 29.9. The van der Waals surface area contributed by atoms with Gasteiger partial charge in [-0.3, -0.25) is 0 Å². The Morgan fingerprint density at radius 3 is 1.67 bits per heavy atom. The Morgan fingerprint density at radius 2 is 1.67 bits per heavy atom. The van der Waals surface area contributed by atoms with Gasteiger partial charge in [0.15, 0.2) is 0 Å². The Bertz CT molecular complexity index is 25.2. The van der Waals surface area contributed by atoms with E-state index in [1.54, 1.807) is 0 Å². The summed E-state index contributed by atoms with van der Waals surface area (Å²) >= 11 is 0. The summed E-state index contributed by atoms with van der Waals surface area (Å²) in [6.07, 6.45) is 0. The van der Waals surface area contributed by atoms with Crippen LogP contribution in [0.3, 0.4) is 0 Å². The van der Waals surface area contributed by atoms with Crippen LogP contribution in [0.2, 0.25) is 0 Å². The van der Waals surface area contributed by atoms with Gasteiger partial charge < -0.3 is 6.32 Å². The molecular weight excluding hydrogens is 181 g/mol. The molecule has 0 rings (SSSR count). The number of hydrogen-bond donors (Lipinski definition) is 1. The molecule has 0 aliphatic rings. The Hall–Kier alpha value is 1.70. The van der Waals surface area contributed by atoms with Crippen molar-refractivity contribution in [2.24, 2.45) is 0 Å². The van der Waals surface area contributed by atoms with Crippen molar-refractivity contribution in [1.82, 2.24) is 0 Å². The Kier molecular flexibility index (Phi) is 126. The molecule has 0 spiro atoms. The summed E-state index contributed by atoms with van der Waals surface area (Å²) in [5.74, 6) is 0. The topological polar surface area (TPSA) is 37.3 Å². The smallest absolute Gasteiger partial charge is 1.00 e. The van der Waals surface area contributed by atoms with Crippen LogP contribution in [-0.2, 0) is 38.7 Å². The summed E-state index contributed by atoms with van der Waals surface area (Å²) in [5.41, 5.74) is 0. The van der Waals surface area contributed by atoms with Gasteiger partial charge in [0.05, 0.1) is 0 Å². The molecule has 0 bridgehead atoms. The molecule has 0 unspecified atom stereocenters. The second-order valence-corrected chi connectivity index (χ2v) is 0.245. The van der Waals surface area contributed by atoms with Crippen molar-refractivity contribution >= 4 is 8.69 Å². The van der Waals surface area contributed by atoms with E-state index in [-0.39, 0.29) is 54.4 Å². The molecule has 0 aromatic rings. The maximum absolute atomic E-state index is 8.46. The molecule has 0 aliphatic carbocycles. The molecule has 6 heteroatoms. The van der Waals surface area contributed by atoms with Crippen LogP contribution < -0.4 is 18.9 Å². The van der Waals surface area contributed by atoms with E-state index in [4.69, 9.17) is 9.46 Å². The van der Waals surface area contributed by atoms with Gasteiger partial charge in [-0.1, -0.05) is 0 Å². The molecule has 0 fully saturated rings. The number of rotatable bonds is 0. The molecule has 0 amide bonds. The van der Waals surface area contributed by atoms with Crippen LogP contribution in [0.25, 0.3) is 0 Å². The van der Waals surface area contributed by atoms with Crippen molar-refractivity contribution in [1.29, 1.82) is 0 Å². The standard InChI is InChI=1S/Fe.Li.Mn.HO2P.H/c;;;1-3-2;/h;;;(H,1,2);/q;+1;;;-1. The van der Waals surface area contributed by atoms with Crippen molar-refractivity contribution < 1.29 is 63.9 Å². The van der Waals surface area contributed by atoms with Gasteiger partial charge in [0.2, 0.25) is 0 Å². The number of hydrogen-bond acceptors (Lipinski definition) is 1. The van der Waals surface area contributed by atoms with Crippen LogP contribution in [0.4, 0.5) is 0 Å². The molecule has 0 heterocycles. The van der Waals surface area contributed by atoms with Gasteiger partial charge in [-0.15, -0.1) is 0 Å². The third kappa shape index (κ3) is 43.7. The van der Waals surface area contributed by atoms with E-state index < -0.39 is 8.69 Å². The van der Waals surface area contributed by atoms with Crippen LogP contribution in [0.1, 0.15) is 1.43 Å². The van der Waals surface area contributed by atoms with Crippen molar-refractivity contribution in [3.05, 3.63) is 0 Å². The zero-order valence-corrected chi connectivity index (χ0v) is 6.21.